The largest absolute Gasteiger partial charge is 0.283 e. The molecule has 0 spiro atoms. The zero-order chi connectivity index (χ0) is 19.0. The minimum absolute atomic E-state index is 0.229. The summed E-state index contributed by atoms with van der Waals surface area (Å²) < 4.78 is 15.6. The van der Waals surface area contributed by atoms with Crippen molar-refractivity contribution in [3.05, 3.63) is 88.4 Å². The first-order valence-corrected chi connectivity index (χ1v) is 8.13. The summed E-state index contributed by atoms with van der Waals surface area (Å²) in [4.78, 5) is 29.3. The molecule has 2 heterocycles. The molecule has 4 aromatic rings. The Labute approximate surface area is 152 Å². The molecule has 0 unspecified atom stereocenters. The van der Waals surface area contributed by atoms with Crippen molar-refractivity contribution in [2.24, 2.45) is 0 Å². The van der Waals surface area contributed by atoms with E-state index in [1.165, 1.54) is 41.5 Å². The summed E-state index contributed by atoms with van der Waals surface area (Å²) >= 11 is 0. The van der Waals surface area contributed by atoms with Crippen molar-refractivity contribution in [2.45, 2.75) is 6.92 Å². The number of hydrogen-bond donors (Lipinski definition) is 1. The molecular weight excluding hydrogens is 349 g/mol. The number of aromatic nitrogens is 4. The third kappa shape index (κ3) is 2.97. The number of fused-ring (bicyclic) bond motifs is 1. The Morgan fingerprint density at radius 2 is 1.85 bits per heavy atom. The molecule has 1 N–H and O–H groups in total. The second-order valence-electron chi connectivity index (χ2n) is 5.95. The number of nitrogens with zero attached hydrogens (tertiary/aromatic N) is 4. The smallest absolute Gasteiger partial charge is 0.267 e. The molecule has 0 aliphatic heterocycles. The first kappa shape index (κ1) is 16.6. The summed E-state index contributed by atoms with van der Waals surface area (Å²) in [5.41, 5.74) is 4.21. The zero-order valence-corrected chi connectivity index (χ0v) is 14.3. The molecule has 0 atom stereocenters. The number of carbonyl (C=O) groups excluding carboxylic acids is 1. The van der Waals surface area contributed by atoms with E-state index in [1.54, 1.807) is 12.1 Å². The highest BCUT2D eigenvalue weighted by Crippen LogP contribution is 2.14. The molecule has 7 nitrogen and oxygen atoms in total. The third-order valence-corrected chi connectivity index (χ3v) is 4.17. The number of benzene rings is 2. The van der Waals surface area contributed by atoms with Gasteiger partial charge >= 0.3 is 0 Å². The second kappa shape index (κ2) is 6.49. The molecule has 1 amide bonds. The molecule has 2 aromatic heterocycles. The molecule has 134 valence electrons. The average Bonchev–Trinajstić information content (AvgIpc) is 3.10. The molecule has 2 aromatic carbocycles. The predicted molar refractivity (Wildman–Crippen MR) is 98.0 cm³/mol. The second-order valence-corrected chi connectivity index (χ2v) is 5.95. The lowest BCUT2D eigenvalue weighted by molar-refractivity contribution is 0.101. The molecule has 0 aliphatic rings. The van der Waals surface area contributed by atoms with Gasteiger partial charge in [0.25, 0.3) is 11.5 Å². The Morgan fingerprint density at radius 3 is 2.59 bits per heavy atom. The van der Waals surface area contributed by atoms with Gasteiger partial charge in [0.15, 0.2) is 5.65 Å². The summed E-state index contributed by atoms with van der Waals surface area (Å²) in [6.07, 6.45) is 2.59. The topological polar surface area (TPSA) is 81.8 Å². The standard InChI is InChI=1S/C19H14FN5O2/c1-12-4-2-3-5-15(12)18(26)23-24-11-21-17-16(19(24)27)10-22-25(17)14-8-6-13(20)7-9-14/h2-11H,1H3,(H,23,26). The Kier molecular flexibility index (Phi) is 4.00. The van der Waals surface area contributed by atoms with Crippen LogP contribution in [0.25, 0.3) is 16.7 Å². The molecule has 0 bridgehead atoms. The quantitative estimate of drug-likeness (QED) is 0.606. The number of aryl methyl sites for hydroxylation is 1. The fourth-order valence-electron chi connectivity index (χ4n) is 2.76. The van der Waals surface area contributed by atoms with E-state index in [4.69, 9.17) is 0 Å². The summed E-state index contributed by atoms with van der Waals surface area (Å²) in [6, 6.07) is 12.7. The fraction of sp³-hybridized carbons (Fsp3) is 0.0526. The Bertz CT molecular complexity index is 1210. The van der Waals surface area contributed by atoms with Crippen LogP contribution in [0, 0.1) is 12.7 Å². The normalized spacial score (nSPS) is 10.9. The lowest BCUT2D eigenvalue weighted by Gasteiger charge is -2.09. The highest BCUT2D eigenvalue weighted by Gasteiger charge is 2.14. The molecule has 0 aliphatic carbocycles. The van der Waals surface area contributed by atoms with Crippen LogP contribution in [-0.4, -0.2) is 25.3 Å². The van der Waals surface area contributed by atoms with Crippen LogP contribution < -0.4 is 11.0 Å². The number of carbonyl (C=O) groups is 1. The van der Waals surface area contributed by atoms with E-state index in [0.29, 0.717) is 16.9 Å². The van der Waals surface area contributed by atoms with E-state index in [0.717, 1.165) is 10.2 Å². The van der Waals surface area contributed by atoms with Crippen molar-refractivity contribution >= 4 is 16.9 Å². The monoisotopic (exact) mass is 363 g/mol. The molecule has 0 radical (unpaired) electrons. The van der Waals surface area contributed by atoms with E-state index in [9.17, 15) is 14.0 Å². The van der Waals surface area contributed by atoms with Gasteiger partial charge in [0.2, 0.25) is 0 Å². The van der Waals surface area contributed by atoms with Crippen molar-refractivity contribution in [1.29, 1.82) is 0 Å². The van der Waals surface area contributed by atoms with Gasteiger partial charge in [-0.25, -0.2) is 18.7 Å². The van der Waals surface area contributed by atoms with Gasteiger partial charge < -0.3 is 0 Å². The number of amides is 1. The van der Waals surface area contributed by atoms with Gasteiger partial charge in [-0.15, -0.1) is 0 Å². The van der Waals surface area contributed by atoms with Crippen LogP contribution in [0.5, 0.6) is 0 Å². The molecular formula is C19H14FN5O2. The Hall–Kier alpha value is -3.81. The van der Waals surface area contributed by atoms with Gasteiger partial charge in [0.1, 0.15) is 17.5 Å². The van der Waals surface area contributed by atoms with Crippen LogP contribution in [0.15, 0.2) is 65.8 Å². The highest BCUT2D eigenvalue weighted by molar-refractivity contribution is 6.01. The van der Waals surface area contributed by atoms with Gasteiger partial charge in [-0.1, -0.05) is 18.2 Å². The number of halogens is 1. The summed E-state index contributed by atoms with van der Waals surface area (Å²) in [5, 5.41) is 4.38. The molecule has 8 heteroatoms. The first-order chi connectivity index (χ1) is 13.0. The third-order valence-electron chi connectivity index (χ3n) is 4.17. The van der Waals surface area contributed by atoms with Crippen LogP contribution in [0.2, 0.25) is 0 Å². The summed E-state index contributed by atoms with van der Waals surface area (Å²) in [5.74, 6) is -0.785. The van der Waals surface area contributed by atoms with Crippen LogP contribution in [-0.2, 0) is 0 Å². The average molecular weight is 363 g/mol. The minimum atomic E-state index is -0.463. The van der Waals surface area contributed by atoms with E-state index >= 15 is 0 Å². The SMILES string of the molecule is Cc1ccccc1C(=O)Nn1cnc2c(cnn2-c2ccc(F)cc2)c1=O. The van der Waals surface area contributed by atoms with Crippen LogP contribution in [0.3, 0.4) is 0 Å². The van der Waals surface area contributed by atoms with E-state index in [-0.39, 0.29) is 11.2 Å². The first-order valence-electron chi connectivity index (χ1n) is 8.13. The minimum Gasteiger partial charge on any atom is -0.267 e. The Morgan fingerprint density at radius 1 is 1.11 bits per heavy atom. The van der Waals surface area contributed by atoms with E-state index in [2.05, 4.69) is 15.5 Å². The zero-order valence-electron chi connectivity index (χ0n) is 14.3. The summed E-state index contributed by atoms with van der Waals surface area (Å²) in [6.45, 7) is 1.81. The highest BCUT2D eigenvalue weighted by atomic mass is 19.1. The maximum atomic E-state index is 13.1. The van der Waals surface area contributed by atoms with Crippen LogP contribution in [0.1, 0.15) is 15.9 Å². The van der Waals surface area contributed by atoms with Crippen molar-refractivity contribution in [3.63, 3.8) is 0 Å². The fourth-order valence-corrected chi connectivity index (χ4v) is 2.76. The molecule has 27 heavy (non-hydrogen) atoms. The molecule has 0 fully saturated rings. The number of rotatable bonds is 3. The van der Waals surface area contributed by atoms with E-state index < -0.39 is 11.5 Å². The van der Waals surface area contributed by atoms with Crippen LogP contribution in [0.4, 0.5) is 4.39 Å². The van der Waals surface area contributed by atoms with Crippen molar-refractivity contribution in [1.82, 2.24) is 19.4 Å². The summed E-state index contributed by atoms with van der Waals surface area (Å²) in [7, 11) is 0. The number of nitrogens with one attached hydrogen (secondary N) is 1. The van der Waals surface area contributed by atoms with Crippen molar-refractivity contribution < 1.29 is 9.18 Å². The van der Waals surface area contributed by atoms with Gasteiger partial charge in [0, 0.05) is 5.56 Å². The van der Waals surface area contributed by atoms with Crippen molar-refractivity contribution in [2.75, 3.05) is 5.43 Å². The lowest BCUT2D eigenvalue weighted by atomic mass is 10.1. The maximum absolute atomic E-state index is 13.1. The number of hydrogen-bond acceptors (Lipinski definition) is 4. The van der Waals surface area contributed by atoms with Gasteiger partial charge in [-0.2, -0.15) is 5.10 Å². The predicted octanol–water partition coefficient (Wildman–Crippen LogP) is 2.41. The lowest BCUT2D eigenvalue weighted by Crippen LogP contribution is -2.33. The van der Waals surface area contributed by atoms with Gasteiger partial charge in [-0.3, -0.25) is 15.0 Å². The molecule has 4 rings (SSSR count). The van der Waals surface area contributed by atoms with Crippen LogP contribution >= 0.6 is 0 Å². The molecule has 0 saturated carbocycles. The van der Waals surface area contributed by atoms with Gasteiger partial charge in [0.05, 0.1) is 11.9 Å². The van der Waals surface area contributed by atoms with Crippen molar-refractivity contribution in [3.8, 4) is 5.69 Å². The van der Waals surface area contributed by atoms with Gasteiger partial charge in [-0.05, 0) is 42.8 Å². The van der Waals surface area contributed by atoms with E-state index in [1.807, 2.05) is 19.1 Å². The maximum Gasteiger partial charge on any atom is 0.283 e. The molecule has 0 saturated heterocycles. The Balaban J connectivity index is 1.71.